The number of rotatable bonds is 11. The van der Waals surface area contributed by atoms with Crippen molar-refractivity contribution in [2.24, 2.45) is 5.92 Å². The number of hydrogen-bond donors (Lipinski definition) is 7. The van der Waals surface area contributed by atoms with Crippen LogP contribution in [0.15, 0.2) is 0 Å². The molecule has 7 N–H and O–H groups in total. The standard InChI is InChI=1S/C17H30N4O7/c1-9(2)6-11(17(27)28)19-15(25)12(7-22)21-16(26)13(8-23)20-14(24)10-4-3-5-18-10/h9-13,18,22-23H,3-8H2,1-2H3,(H,19,25)(H,20,24)(H,21,26)(H,27,28). The molecule has 3 amide bonds. The predicted octanol–water partition coefficient (Wildman–Crippen LogP) is -2.69. The molecule has 11 heteroatoms. The first kappa shape index (κ1) is 23.8. The maximum absolute atomic E-state index is 12.3. The molecule has 0 aliphatic carbocycles. The van der Waals surface area contributed by atoms with Crippen LogP contribution < -0.4 is 21.3 Å². The molecule has 1 aliphatic heterocycles. The van der Waals surface area contributed by atoms with Crippen LogP contribution in [0.4, 0.5) is 0 Å². The molecule has 0 bridgehead atoms. The summed E-state index contributed by atoms with van der Waals surface area (Å²) in [5.74, 6) is -3.40. The minimum atomic E-state index is -1.42. The molecule has 0 aromatic rings. The molecule has 160 valence electrons. The van der Waals surface area contributed by atoms with Crippen molar-refractivity contribution in [3.63, 3.8) is 0 Å². The molecular weight excluding hydrogens is 372 g/mol. The fourth-order valence-corrected chi connectivity index (χ4v) is 2.81. The van der Waals surface area contributed by atoms with Crippen LogP contribution in [0.3, 0.4) is 0 Å². The van der Waals surface area contributed by atoms with Crippen LogP contribution >= 0.6 is 0 Å². The Morgan fingerprint density at radius 1 is 0.964 bits per heavy atom. The number of aliphatic carboxylic acids is 1. The second-order valence-corrected chi connectivity index (χ2v) is 7.17. The summed E-state index contributed by atoms with van der Waals surface area (Å²) >= 11 is 0. The Morgan fingerprint density at radius 2 is 1.50 bits per heavy atom. The molecule has 0 aromatic heterocycles. The average Bonchev–Trinajstić information content (AvgIpc) is 3.17. The lowest BCUT2D eigenvalue weighted by molar-refractivity contribution is -0.143. The molecule has 4 unspecified atom stereocenters. The highest BCUT2D eigenvalue weighted by Crippen LogP contribution is 2.06. The van der Waals surface area contributed by atoms with Crippen molar-refractivity contribution in [1.82, 2.24) is 21.3 Å². The Morgan fingerprint density at radius 3 is 1.93 bits per heavy atom. The molecule has 0 radical (unpaired) electrons. The van der Waals surface area contributed by atoms with Crippen LogP contribution in [0.1, 0.15) is 33.1 Å². The van der Waals surface area contributed by atoms with Crippen LogP contribution in [0, 0.1) is 5.92 Å². The van der Waals surface area contributed by atoms with Gasteiger partial charge in [-0.2, -0.15) is 0 Å². The normalized spacial score (nSPS) is 19.5. The van der Waals surface area contributed by atoms with E-state index in [1.54, 1.807) is 13.8 Å². The van der Waals surface area contributed by atoms with Crippen molar-refractivity contribution in [2.75, 3.05) is 19.8 Å². The van der Waals surface area contributed by atoms with Gasteiger partial charge in [0.25, 0.3) is 0 Å². The zero-order valence-corrected chi connectivity index (χ0v) is 16.1. The number of carbonyl (C=O) groups is 4. The largest absolute Gasteiger partial charge is 0.480 e. The number of nitrogens with one attached hydrogen (secondary N) is 4. The minimum absolute atomic E-state index is 0.00162. The summed E-state index contributed by atoms with van der Waals surface area (Å²) < 4.78 is 0. The van der Waals surface area contributed by atoms with E-state index in [4.69, 9.17) is 0 Å². The van der Waals surface area contributed by atoms with Crippen molar-refractivity contribution in [2.45, 2.75) is 57.3 Å². The first-order valence-corrected chi connectivity index (χ1v) is 9.28. The lowest BCUT2D eigenvalue weighted by Crippen LogP contribution is -2.59. The van der Waals surface area contributed by atoms with E-state index in [9.17, 15) is 34.5 Å². The molecule has 1 fully saturated rings. The van der Waals surface area contributed by atoms with Crippen LogP contribution in [-0.2, 0) is 19.2 Å². The lowest BCUT2D eigenvalue weighted by atomic mass is 10.0. The van der Waals surface area contributed by atoms with Crippen LogP contribution in [0.25, 0.3) is 0 Å². The fourth-order valence-electron chi connectivity index (χ4n) is 2.81. The number of carboxylic acids is 1. The summed E-state index contributed by atoms with van der Waals surface area (Å²) in [6.07, 6.45) is 1.61. The van der Waals surface area contributed by atoms with E-state index in [0.717, 1.165) is 6.42 Å². The van der Waals surface area contributed by atoms with E-state index in [-0.39, 0.29) is 12.3 Å². The smallest absolute Gasteiger partial charge is 0.326 e. The highest BCUT2D eigenvalue weighted by Gasteiger charge is 2.31. The van der Waals surface area contributed by atoms with Crippen LogP contribution in [-0.4, -0.2) is 82.9 Å². The quantitative estimate of drug-likeness (QED) is 0.195. The van der Waals surface area contributed by atoms with E-state index in [2.05, 4.69) is 21.3 Å². The Labute approximate surface area is 163 Å². The predicted molar refractivity (Wildman–Crippen MR) is 98.1 cm³/mol. The monoisotopic (exact) mass is 402 g/mol. The zero-order chi connectivity index (χ0) is 21.3. The molecule has 1 rings (SSSR count). The summed E-state index contributed by atoms with van der Waals surface area (Å²) in [6, 6.07) is -4.34. The molecule has 1 saturated heterocycles. The number of hydrogen-bond acceptors (Lipinski definition) is 7. The summed E-state index contributed by atoms with van der Waals surface area (Å²) in [5.41, 5.74) is 0. The van der Waals surface area contributed by atoms with Gasteiger partial charge in [0.1, 0.15) is 18.1 Å². The second-order valence-electron chi connectivity index (χ2n) is 7.17. The highest BCUT2D eigenvalue weighted by atomic mass is 16.4. The second kappa shape index (κ2) is 11.6. The van der Waals surface area contributed by atoms with Gasteiger partial charge in [0.15, 0.2) is 0 Å². The molecule has 1 aliphatic rings. The summed E-state index contributed by atoms with van der Waals surface area (Å²) in [7, 11) is 0. The van der Waals surface area contributed by atoms with Crippen LogP contribution in [0.2, 0.25) is 0 Å². The highest BCUT2D eigenvalue weighted by molar-refractivity contribution is 5.94. The summed E-state index contributed by atoms with van der Waals surface area (Å²) in [6.45, 7) is 2.79. The van der Waals surface area contributed by atoms with Crippen molar-refractivity contribution < 1.29 is 34.5 Å². The van der Waals surface area contributed by atoms with Gasteiger partial charge in [-0.15, -0.1) is 0 Å². The van der Waals surface area contributed by atoms with E-state index in [1.807, 2.05) is 0 Å². The molecule has 1 heterocycles. The van der Waals surface area contributed by atoms with Gasteiger partial charge in [0, 0.05) is 0 Å². The third-order valence-corrected chi connectivity index (χ3v) is 4.33. The molecule has 0 spiro atoms. The van der Waals surface area contributed by atoms with Gasteiger partial charge in [0.2, 0.25) is 17.7 Å². The van der Waals surface area contributed by atoms with Gasteiger partial charge in [0.05, 0.1) is 19.3 Å². The van der Waals surface area contributed by atoms with Gasteiger partial charge < -0.3 is 36.6 Å². The van der Waals surface area contributed by atoms with Gasteiger partial charge in [-0.3, -0.25) is 14.4 Å². The molecule has 0 saturated carbocycles. The van der Waals surface area contributed by atoms with Crippen molar-refractivity contribution in [1.29, 1.82) is 0 Å². The van der Waals surface area contributed by atoms with Gasteiger partial charge in [-0.25, -0.2) is 4.79 Å². The Hall–Kier alpha value is -2.24. The number of amides is 3. The zero-order valence-electron chi connectivity index (χ0n) is 16.1. The summed E-state index contributed by atoms with van der Waals surface area (Å²) in [4.78, 5) is 47.8. The third-order valence-electron chi connectivity index (χ3n) is 4.33. The number of carbonyl (C=O) groups excluding carboxylic acids is 3. The summed E-state index contributed by atoms with van der Waals surface area (Å²) in [5, 5.41) is 37.8. The third kappa shape index (κ3) is 7.41. The van der Waals surface area contributed by atoms with E-state index in [0.29, 0.717) is 13.0 Å². The average molecular weight is 402 g/mol. The van der Waals surface area contributed by atoms with E-state index in [1.165, 1.54) is 0 Å². The number of carboxylic acid groups (broad SMARTS) is 1. The van der Waals surface area contributed by atoms with E-state index >= 15 is 0 Å². The molecule has 28 heavy (non-hydrogen) atoms. The Bertz CT molecular complexity index is 564. The molecule has 4 atom stereocenters. The van der Waals surface area contributed by atoms with Crippen molar-refractivity contribution in [3.05, 3.63) is 0 Å². The van der Waals surface area contributed by atoms with Crippen molar-refractivity contribution >= 4 is 23.7 Å². The lowest BCUT2D eigenvalue weighted by Gasteiger charge is -2.23. The molecular formula is C17H30N4O7. The maximum atomic E-state index is 12.3. The minimum Gasteiger partial charge on any atom is -0.480 e. The van der Waals surface area contributed by atoms with Crippen molar-refractivity contribution in [3.8, 4) is 0 Å². The SMILES string of the molecule is CC(C)CC(NC(=O)C(CO)NC(=O)C(CO)NC(=O)C1CCCN1)C(=O)O. The Kier molecular flexibility index (Phi) is 9.83. The van der Waals surface area contributed by atoms with Gasteiger partial charge >= 0.3 is 5.97 Å². The topological polar surface area (TPSA) is 177 Å². The fraction of sp³-hybridized carbons (Fsp3) is 0.765. The van der Waals surface area contributed by atoms with Gasteiger partial charge in [-0.1, -0.05) is 13.8 Å². The molecule has 11 nitrogen and oxygen atoms in total. The molecule has 0 aromatic carbocycles. The number of aliphatic hydroxyl groups excluding tert-OH is 2. The maximum Gasteiger partial charge on any atom is 0.326 e. The number of aliphatic hydroxyl groups is 2. The first-order valence-electron chi connectivity index (χ1n) is 9.28. The Balaban J connectivity index is 2.66. The van der Waals surface area contributed by atoms with E-state index < -0.39 is 61.1 Å². The van der Waals surface area contributed by atoms with Gasteiger partial charge in [-0.05, 0) is 31.7 Å². The van der Waals surface area contributed by atoms with Crippen LogP contribution in [0.5, 0.6) is 0 Å². The first-order chi connectivity index (χ1) is 13.2.